The summed E-state index contributed by atoms with van der Waals surface area (Å²) in [6, 6.07) is 7.53. The zero-order valence-electron chi connectivity index (χ0n) is 13.8. The molecule has 0 aliphatic rings. The molecule has 0 amide bonds. The van der Waals surface area contributed by atoms with E-state index >= 15 is 0 Å². The smallest absolute Gasteiger partial charge is 0.325 e. The minimum atomic E-state index is -0.486. The molecule has 5 nitrogen and oxygen atoms in total. The number of imidazole rings is 1. The molecule has 0 saturated carbocycles. The Morgan fingerprint density at radius 1 is 1.36 bits per heavy atom. The van der Waals surface area contributed by atoms with E-state index in [1.54, 1.807) is 6.33 Å². The van der Waals surface area contributed by atoms with Gasteiger partial charge in [-0.25, -0.2) is 4.98 Å². The van der Waals surface area contributed by atoms with Gasteiger partial charge in [-0.2, -0.15) is 0 Å². The van der Waals surface area contributed by atoms with Crippen LogP contribution in [-0.4, -0.2) is 33.7 Å². The molecule has 1 heterocycles. The van der Waals surface area contributed by atoms with E-state index in [4.69, 9.17) is 4.74 Å². The summed E-state index contributed by atoms with van der Waals surface area (Å²) >= 11 is 0. The van der Waals surface area contributed by atoms with Crippen molar-refractivity contribution in [2.24, 2.45) is 0 Å². The molecule has 0 aliphatic heterocycles. The van der Waals surface area contributed by atoms with E-state index in [-0.39, 0.29) is 12.0 Å². The SMILES string of the molecule is CCCNC(Cn1cnc2ccccc21)C(=O)OC(C)(C)C. The van der Waals surface area contributed by atoms with Gasteiger partial charge in [0.2, 0.25) is 0 Å². The molecule has 22 heavy (non-hydrogen) atoms. The molecule has 0 radical (unpaired) electrons. The Morgan fingerprint density at radius 3 is 2.77 bits per heavy atom. The fourth-order valence-electron chi connectivity index (χ4n) is 2.27. The third kappa shape index (κ3) is 4.31. The normalized spacial score (nSPS) is 13.3. The fourth-order valence-corrected chi connectivity index (χ4v) is 2.27. The highest BCUT2D eigenvalue weighted by atomic mass is 16.6. The van der Waals surface area contributed by atoms with Gasteiger partial charge in [0.1, 0.15) is 11.6 Å². The summed E-state index contributed by atoms with van der Waals surface area (Å²) in [6.45, 7) is 9.01. The van der Waals surface area contributed by atoms with Crippen LogP contribution in [0.2, 0.25) is 0 Å². The van der Waals surface area contributed by atoms with Crippen LogP contribution in [-0.2, 0) is 16.1 Å². The molecule has 0 bridgehead atoms. The Hall–Kier alpha value is -1.88. The second kappa shape index (κ2) is 6.92. The molecule has 1 atom stereocenters. The van der Waals surface area contributed by atoms with Crippen molar-refractivity contribution in [3.63, 3.8) is 0 Å². The first-order valence-electron chi connectivity index (χ1n) is 7.77. The zero-order chi connectivity index (χ0) is 16.2. The first-order chi connectivity index (χ1) is 10.4. The number of hydrogen-bond donors (Lipinski definition) is 1. The molecular weight excluding hydrogens is 278 g/mol. The molecule has 0 saturated heterocycles. The van der Waals surface area contributed by atoms with Crippen LogP contribution in [0.4, 0.5) is 0 Å². The Bertz CT molecular complexity index is 628. The molecule has 2 aromatic rings. The number of para-hydroxylation sites is 2. The van der Waals surface area contributed by atoms with Gasteiger partial charge < -0.3 is 14.6 Å². The van der Waals surface area contributed by atoms with Crippen LogP contribution in [0.1, 0.15) is 34.1 Å². The predicted molar refractivity (Wildman–Crippen MR) is 87.7 cm³/mol. The van der Waals surface area contributed by atoms with Crippen molar-refractivity contribution >= 4 is 17.0 Å². The summed E-state index contributed by atoms with van der Waals surface area (Å²) in [5.41, 5.74) is 1.47. The number of benzene rings is 1. The molecular formula is C17H25N3O2. The lowest BCUT2D eigenvalue weighted by Crippen LogP contribution is -2.44. The Kier molecular flexibility index (Phi) is 5.19. The fraction of sp³-hybridized carbons (Fsp3) is 0.529. The molecule has 0 fully saturated rings. The van der Waals surface area contributed by atoms with Gasteiger partial charge >= 0.3 is 5.97 Å². The largest absolute Gasteiger partial charge is 0.459 e. The highest BCUT2D eigenvalue weighted by Crippen LogP contribution is 2.14. The van der Waals surface area contributed by atoms with Crippen LogP contribution in [0.5, 0.6) is 0 Å². The maximum Gasteiger partial charge on any atom is 0.325 e. The van der Waals surface area contributed by atoms with Crippen LogP contribution >= 0.6 is 0 Å². The van der Waals surface area contributed by atoms with Crippen LogP contribution in [0.3, 0.4) is 0 Å². The molecule has 0 spiro atoms. The molecule has 1 aromatic carbocycles. The van der Waals surface area contributed by atoms with E-state index in [1.807, 2.05) is 49.6 Å². The molecule has 1 unspecified atom stereocenters. The van der Waals surface area contributed by atoms with Gasteiger partial charge in [-0.05, 0) is 45.9 Å². The number of fused-ring (bicyclic) bond motifs is 1. The highest BCUT2D eigenvalue weighted by molar-refractivity contribution is 5.78. The third-order valence-electron chi connectivity index (χ3n) is 3.24. The number of hydrogen-bond acceptors (Lipinski definition) is 4. The minimum Gasteiger partial charge on any atom is -0.459 e. The van der Waals surface area contributed by atoms with Gasteiger partial charge in [0.05, 0.1) is 23.9 Å². The molecule has 0 aliphatic carbocycles. The second-order valence-corrected chi connectivity index (χ2v) is 6.43. The summed E-state index contributed by atoms with van der Waals surface area (Å²) < 4.78 is 7.52. The van der Waals surface area contributed by atoms with Gasteiger partial charge in [-0.15, -0.1) is 0 Å². The molecule has 1 aromatic heterocycles. The van der Waals surface area contributed by atoms with Gasteiger partial charge in [0.15, 0.2) is 0 Å². The van der Waals surface area contributed by atoms with Crippen molar-refractivity contribution < 1.29 is 9.53 Å². The van der Waals surface area contributed by atoms with E-state index in [9.17, 15) is 4.79 Å². The highest BCUT2D eigenvalue weighted by Gasteiger charge is 2.25. The van der Waals surface area contributed by atoms with Crippen LogP contribution in [0, 0.1) is 0 Å². The van der Waals surface area contributed by atoms with Gasteiger partial charge in [-0.3, -0.25) is 4.79 Å². The number of carbonyl (C=O) groups is 1. The molecule has 120 valence electrons. The molecule has 2 rings (SSSR count). The standard InChI is InChI=1S/C17H25N3O2/c1-5-10-18-14(16(21)22-17(2,3)4)11-20-12-19-13-8-6-7-9-15(13)20/h6-9,12,14,18H,5,10-11H2,1-4H3. The number of esters is 1. The summed E-state index contributed by atoms with van der Waals surface area (Å²) in [5, 5.41) is 3.27. The number of carbonyl (C=O) groups excluding carboxylic acids is 1. The van der Waals surface area contributed by atoms with Crippen molar-refractivity contribution in [3.05, 3.63) is 30.6 Å². The lowest BCUT2D eigenvalue weighted by atomic mass is 10.2. The molecule has 1 N–H and O–H groups in total. The van der Waals surface area contributed by atoms with E-state index in [1.165, 1.54) is 0 Å². The van der Waals surface area contributed by atoms with E-state index in [2.05, 4.69) is 17.2 Å². The number of nitrogens with zero attached hydrogens (tertiary/aromatic N) is 2. The first kappa shape index (κ1) is 16.5. The molecule has 5 heteroatoms. The summed E-state index contributed by atoms with van der Waals surface area (Å²) in [5.74, 6) is -0.223. The second-order valence-electron chi connectivity index (χ2n) is 6.43. The summed E-state index contributed by atoms with van der Waals surface area (Å²) in [4.78, 5) is 16.8. The van der Waals surface area contributed by atoms with Gasteiger partial charge in [0.25, 0.3) is 0 Å². The number of ether oxygens (including phenoxy) is 1. The average molecular weight is 303 g/mol. The quantitative estimate of drug-likeness (QED) is 0.834. The Morgan fingerprint density at radius 2 is 2.09 bits per heavy atom. The Balaban J connectivity index is 2.17. The van der Waals surface area contributed by atoms with Crippen molar-refractivity contribution in [3.8, 4) is 0 Å². The van der Waals surface area contributed by atoms with Gasteiger partial charge in [-0.1, -0.05) is 19.1 Å². The van der Waals surface area contributed by atoms with Crippen molar-refractivity contribution in [1.82, 2.24) is 14.9 Å². The van der Waals surface area contributed by atoms with E-state index in [0.29, 0.717) is 6.54 Å². The van der Waals surface area contributed by atoms with Gasteiger partial charge in [0, 0.05) is 0 Å². The van der Waals surface area contributed by atoms with E-state index in [0.717, 1.165) is 24.0 Å². The topological polar surface area (TPSA) is 56.2 Å². The lowest BCUT2D eigenvalue weighted by Gasteiger charge is -2.25. The summed E-state index contributed by atoms with van der Waals surface area (Å²) in [7, 11) is 0. The Labute approximate surface area is 131 Å². The van der Waals surface area contributed by atoms with Crippen molar-refractivity contribution in [1.29, 1.82) is 0 Å². The zero-order valence-corrected chi connectivity index (χ0v) is 13.8. The predicted octanol–water partition coefficient (Wildman–Crippen LogP) is 2.75. The monoisotopic (exact) mass is 303 g/mol. The van der Waals surface area contributed by atoms with Crippen LogP contribution < -0.4 is 5.32 Å². The number of nitrogens with one attached hydrogen (secondary N) is 1. The van der Waals surface area contributed by atoms with Crippen LogP contribution in [0.25, 0.3) is 11.0 Å². The average Bonchev–Trinajstić information content (AvgIpc) is 2.84. The van der Waals surface area contributed by atoms with Crippen LogP contribution in [0.15, 0.2) is 30.6 Å². The third-order valence-corrected chi connectivity index (χ3v) is 3.24. The minimum absolute atomic E-state index is 0.223. The first-order valence-corrected chi connectivity index (χ1v) is 7.77. The number of rotatable bonds is 6. The van der Waals surface area contributed by atoms with Crippen molar-refractivity contribution in [2.45, 2.75) is 52.3 Å². The van der Waals surface area contributed by atoms with Crippen molar-refractivity contribution in [2.75, 3.05) is 6.54 Å². The maximum absolute atomic E-state index is 12.4. The maximum atomic E-state index is 12.4. The summed E-state index contributed by atoms with van der Waals surface area (Å²) in [6.07, 6.45) is 2.74. The number of aromatic nitrogens is 2. The van der Waals surface area contributed by atoms with E-state index < -0.39 is 5.60 Å². The lowest BCUT2D eigenvalue weighted by molar-refractivity contribution is -0.157.